The first kappa shape index (κ1) is 7.12. The first-order valence-corrected chi connectivity index (χ1v) is 2.58. The molecule has 0 heterocycles. The Labute approximate surface area is 56.3 Å². The summed E-state index contributed by atoms with van der Waals surface area (Å²) in [6, 6.07) is 1.31. The highest BCUT2D eigenvalue weighted by Gasteiger charge is 2.05. The molecule has 0 unspecified atom stereocenters. The van der Waals surface area contributed by atoms with Crippen molar-refractivity contribution in [2.75, 3.05) is 0 Å². The minimum atomic E-state index is -1.20. The molecule has 0 bridgehead atoms. The molecule has 0 nitrogen and oxygen atoms in total. The molecule has 0 saturated heterocycles. The van der Waals surface area contributed by atoms with E-state index in [1.165, 1.54) is 0 Å². The van der Waals surface area contributed by atoms with Crippen molar-refractivity contribution in [1.29, 1.82) is 0 Å². The van der Waals surface area contributed by atoms with Crippen molar-refractivity contribution in [2.45, 2.75) is 0 Å². The molecule has 1 aromatic carbocycles. The zero-order valence-electron chi connectivity index (χ0n) is 5.00. The molecule has 0 fully saturated rings. The molecule has 0 aliphatic heterocycles. The highest BCUT2D eigenvalue weighted by molar-refractivity contribution is 5.22. The molecule has 10 heavy (non-hydrogen) atoms. The molecule has 53 valence electrons. The summed E-state index contributed by atoms with van der Waals surface area (Å²) < 4.78 is 36.7. The van der Waals surface area contributed by atoms with Crippen molar-refractivity contribution in [3.63, 3.8) is 0 Å². The fraction of sp³-hybridized carbons (Fsp3) is 0. The Kier molecular flexibility index (Phi) is 1.66. The molecular formula is C7H4F3. The Morgan fingerprint density at radius 3 is 2.20 bits per heavy atom. The summed E-state index contributed by atoms with van der Waals surface area (Å²) in [5.74, 6) is -3.12. The summed E-state index contributed by atoms with van der Waals surface area (Å²) >= 11 is 0. The second-order valence-electron chi connectivity index (χ2n) is 1.86. The fourth-order valence-electron chi connectivity index (χ4n) is 0.609. The van der Waals surface area contributed by atoms with Crippen LogP contribution in [0.2, 0.25) is 0 Å². The maximum absolute atomic E-state index is 12.3. The lowest BCUT2D eigenvalue weighted by molar-refractivity contribution is 0.492. The summed E-state index contributed by atoms with van der Waals surface area (Å²) in [6.07, 6.45) is 0. The molecule has 0 aliphatic rings. The molecule has 3 heteroatoms. The number of hydrogen-bond acceptors (Lipinski definition) is 0. The van der Waals surface area contributed by atoms with Crippen LogP contribution in [0.4, 0.5) is 13.2 Å². The lowest BCUT2D eigenvalue weighted by atomic mass is 10.2. The van der Waals surface area contributed by atoms with E-state index in [1.54, 1.807) is 0 Å². The van der Waals surface area contributed by atoms with Gasteiger partial charge in [-0.3, -0.25) is 0 Å². The third kappa shape index (κ3) is 1.12. The average molecular weight is 145 g/mol. The monoisotopic (exact) mass is 145 g/mol. The molecule has 0 N–H and O–H groups in total. The molecule has 1 rings (SSSR count). The van der Waals surface area contributed by atoms with E-state index >= 15 is 0 Å². The molecule has 0 amide bonds. The van der Waals surface area contributed by atoms with E-state index in [-0.39, 0.29) is 5.56 Å². The van der Waals surface area contributed by atoms with Gasteiger partial charge in [0.05, 0.1) is 0 Å². The van der Waals surface area contributed by atoms with Gasteiger partial charge in [0.15, 0.2) is 11.6 Å². The van der Waals surface area contributed by atoms with Crippen LogP contribution in [0.1, 0.15) is 5.56 Å². The first-order valence-electron chi connectivity index (χ1n) is 2.58. The highest BCUT2D eigenvalue weighted by Crippen LogP contribution is 2.12. The van der Waals surface area contributed by atoms with Gasteiger partial charge in [0.25, 0.3) is 0 Å². The zero-order valence-corrected chi connectivity index (χ0v) is 5.00. The number of halogens is 3. The molecule has 0 atom stereocenters. The van der Waals surface area contributed by atoms with Gasteiger partial charge in [-0.15, -0.1) is 0 Å². The van der Waals surface area contributed by atoms with E-state index in [0.29, 0.717) is 6.07 Å². The molecule has 0 aliphatic carbocycles. The van der Waals surface area contributed by atoms with E-state index in [1.807, 2.05) is 0 Å². The van der Waals surface area contributed by atoms with Crippen molar-refractivity contribution in [1.82, 2.24) is 0 Å². The van der Waals surface area contributed by atoms with Crippen molar-refractivity contribution < 1.29 is 13.2 Å². The van der Waals surface area contributed by atoms with E-state index in [0.717, 1.165) is 6.07 Å². The van der Waals surface area contributed by atoms with Crippen molar-refractivity contribution in [2.24, 2.45) is 0 Å². The number of hydrogen-bond donors (Lipinski definition) is 0. The molecule has 0 spiro atoms. The second kappa shape index (κ2) is 2.33. The first-order chi connectivity index (χ1) is 4.61. The van der Waals surface area contributed by atoms with Gasteiger partial charge in [0, 0.05) is 6.07 Å². The van der Waals surface area contributed by atoms with Crippen LogP contribution in [-0.2, 0) is 0 Å². The van der Waals surface area contributed by atoms with Gasteiger partial charge in [-0.05, 0) is 18.6 Å². The van der Waals surface area contributed by atoms with Gasteiger partial charge in [-0.2, -0.15) is 0 Å². The molecule has 0 saturated carbocycles. The summed E-state index contributed by atoms with van der Waals surface area (Å²) in [7, 11) is 0. The van der Waals surface area contributed by atoms with Crippen LogP contribution >= 0.6 is 0 Å². The Hall–Kier alpha value is -0.990. The SMILES string of the molecule is [CH2]c1cc(F)cc(F)c1F. The van der Waals surface area contributed by atoms with Gasteiger partial charge in [0.1, 0.15) is 5.82 Å². The lowest BCUT2D eigenvalue weighted by Gasteiger charge is -1.95. The summed E-state index contributed by atoms with van der Waals surface area (Å²) in [5, 5.41) is 0. The van der Waals surface area contributed by atoms with Gasteiger partial charge in [-0.1, -0.05) is 0 Å². The highest BCUT2D eigenvalue weighted by atomic mass is 19.2. The predicted molar refractivity (Wildman–Crippen MR) is 30.8 cm³/mol. The third-order valence-corrected chi connectivity index (χ3v) is 1.07. The summed E-state index contributed by atoms with van der Waals surface area (Å²) in [6.45, 7) is 3.09. The topological polar surface area (TPSA) is 0 Å². The van der Waals surface area contributed by atoms with E-state index in [2.05, 4.69) is 6.92 Å². The van der Waals surface area contributed by atoms with Gasteiger partial charge >= 0.3 is 0 Å². The minimum Gasteiger partial charge on any atom is -0.207 e. The van der Waals surface area contributed by atoms with E-state index < -0.39 is 17.5 Å². The standard InChI is InChI=1S/C7H4F3/c1-4-2-5(8)3-6(9)7(4)10/h2-3H,1H2. The predicted octanol–water partition coefficient (Wildman–Crippen LogP) is 2.29. The van der Waals surface area contributed by atoms with Gasteiger partial charge in [-0.25, -0.2) is 13.2 Å². The van der Waals surface area contributed by atoms with Crippen LogP contribution in [0.5, 0.6) is 0 Å². The van der Waals surface area contributed by atoms with Gasteiger partial charge < -0.3 is 0 Å². The average Bonchev–Trinajstić information content (AvgIpc) is 1.82. The zero-order chi connectivity index (χ0) is 7.72. The lowest BCUT2D eigenvalue weighted by Crippen LogP contribution is -1.89. The minimum absolute atomic E-state index is 0.266. The Balaban J connectivity index is 3.31. The molecule has 1 radical (unpaired) electrons. The summed E-state index contributed by atoms with van der Waals surface area (Å²) in [5.41, 5.74) is -0.266. The van der Waals surface area contributed by atoms with Crippen LogP contribution in [0.15, 0.2) is 12.1 Å². The van der Waals surface area contributed by atoms with Crippen molar-refractivity contribution in [3.8, 4) is 0 Å². The maximum atomic E-state index is 12.3. The number of benzene rings is 1. The molecule has 1 aromatic rings. The van der Waals surface area contributed by atoms with E-state index in [9.17, 15) is 13.2 Å². The van der Waals surface area contributed by atoms with E-state index in [4.69, 9.17) is 0 Å². The van der Waals surface area contributed by atoms with Crippen LogP contribution in [0.3, 0.4) is 0 Å². The second-order valence-corrected chi connectivity index (χ2v) is 1.86. The van der Waals surface area contributed by atoms with Crippen LogP contribution in [-0.4, -0.2) is 0 Å². The maximum Gasteiger partial charge on any atom is 0.162 e. The number of rotatable bonds is 0. The van der Waals surface area contributed by atoms with Crippen molar-refractivity contribution >= 4 is 0 Å². The van der Waals surface area contributed by atoms with Crippen LogP contribution < -0.4 is 0 Å². The van der Waals surface area contributed by atoms with Crippen molar-refractivity contribution in [3.05, 3.63) is 42.1 Å². The van der Waals surface area contributed by atoms with Crippen LogP contribution in [0, 0.1) is 24.4 Å². The summed E-state index contributed by atoms with van der Waals surface area (Å²) in [4.78, 5) is 0. The smallest absolute Gasteiger partial charge is 0.162 e. The fourth-order valence-corrected chi connectivity index (χ4v) is 0.609. The third-order valence-electron chi connectivity index (χ3n) is 1.07. The quantitative estimate of drug-likeness (QED) is 0.491. The largest absolute Gasteiger partial charge is 0.207 e. The molecule has 0 aromatic heterocycles. The van der Waals surface area contributed by atoms with Gasteiger partial charge in [0.2, 0.25) is 0 Å². The Morgan fingerprint density at radius 1 is 1.10 bits per heavy atom. The Bertz CT molecular complexity index is 232. The van der Waals surface area contributed by atoms with Crippen LogP contribution in [0.25, 0.3) is 0 Å². The normalized spacial score (nSPS) is 10.0. The molecular weight excluding hydrogens is 141 g/mol. The Morgan fingerprint density at radius 2 is 1.70 bits per heavy atom.